The van der Waals surface area contributed by atoms with Crippen LogP contribution in [0.2, 0.25) is 0 Å². The molecule has 2 aromatic carbocycles. The van der Waals surface area contributed by atoms with Crippen LogP contribution < -0.4 is 5.32 Å². The van der Waals surface area contributed by atoms with E-state index in [-0.39, 0.29) is 30.9 Å². The van der Waals surface area contributed by atoms with Gasteiger partial charge in [-0.2, -0.15) is 0 Å². The number of carbonyl (C=O) groups is 3. The third-order valence-corrected chi connectivity index (χ3v) is 7.85. The Bertz CT molecular complexity index is 1220. The average molecular weight is 518 g/mol. The Morgan fingerprint density at radius 3 is 2.35 bits per heavy atom. The average Bonchev–Trinajstić information content (AvgIpc) is 3.43. The topological polar surface area (TPSA) is 76.2 Å². The van der Waals surface area contributed by atoms with E-state index in [0.717, 1.165) is 17.5 Å². The summed E-state index contributed by atoms with van der Waals surface area (Å²) in [5.41, 5.74) is 1.97. The number of thiophene rings is 1. The summed E-state index contributed by atoms with van der Waals surface area (Å²) >= 11 is 1.66. The molecule has 0 bridgehead atoms. The molecular weight excluding hydrogens is 486 g/mol. The smallest absolute Gasteiger partial charge is 0.334 e. The van der Waals surface area contributed by atoms with Crippen LogP contribution in [-0.2, 0) is 29.0 Å². The molecule has 2 aliphatic rings. The Morgan fingerprint density at radius 1 is 0.973 bits per heavy atom. The number of nitrogens with one attached hydrogen (secondary N) is 1. The van der Waals surface area contributed by atoms with Gasteiger partial charge in [-0.05, 0) is 29.0 Å². The monoisotopic (exact) mass is 517 g/mol. The molecule has 2 saturated heterocycles. The molecule has 37 heavy (non-hydrogen) atoms. The molecule has 5 rings (SSSR count). The molecule has 0 unspecified atom stereocenters. The van der Waals surface area contributed by atoms with Gasteiger partial charge in [0.2, 0.25) is 11.8 Å². The fraction of sp³-hybridized carbons (Fsp3) is 0.321. The highest BCUT2D eigenvalue weighted by Crippen LogP contribution is 2.28. The van der Waals surface area contributed by atoms with E-state index in [9.17, 15) is 14.4 Å². The molecule has 2 fully saturated rings. The molecule has 0 radical (unpaired) electrons. The number of urea groups is 1. The summed E-state index contributed by atoms with van der Waals surface area (Å²) in [5.74, 6) is -0.217. The Morgan fingerprint density at radius 2 is 1.68 bits per heavy atom. The first-order chi connectivity index (χ1) is 18.0. The van der Waals surface area contributed by atoms with Crippen LogP contribution in [0.15, 0.2) is 78.2 Å². The Hall–Kier alpha value is -3.69. The van der Waals surface area contributed by atoms with Crippen molar-refractivity contribution in [1.29, 1.82) is 0 Å². The van der Waals surface area contributed by atoms with E-state index in [1.54, 1.807) is 33.3 Å². The second-order valence-corrected chi connectivity index (χ2v) is 10.4. The Kier molecular flexibility index (Phi) is 7.52. The minimum atomic E-state index is -0.671. The Balaban J connectivity index is 1.41. The summed E-state index contributed by atoms with van der Waals surface area (Å²) in [6.45, 7) is 1.21. The van der Waals surface area contributed by atoms with Crippen molar-refractivity contribution in [2.75, 3.05) is 26.7 Å². The second-order valence-electron chi connectivity index (χ2n) is 9.41. The minimum absolute atomic E-state index is 0.0308. The van der Waals surface area contributed by atoms with Crippen LogP contribution in [0, 0.1) is 0 Å². The van der Waals surface area contributed by atoms with Crippen molar-refractivity contribution < 1.29 is 14.4 Å². The molecule has 8 nitrogen and oxygen atoms in total. The predicted octanol–water partition coefficient (Wildman–Crippen LogP) is 2.97. The van der Waals surface area contributed by atoms with E-state index in [4.69, 9.17) is 0 Å². The number of likely N-dealkylation sites (N-methyl/N-ethyl adjacent to an activating group) is 1. The van der Waals surface area contributed by atoms with Crippen molar-refractivity contribution >= 4 is 29.2 Å². The summed E-state index contributed by atoms with van der Waals surface area (Å²) in [7, 11) is 1.75. The standard InChI is InChI=1S/C28H31N5O3S/c1-30-20-26(34)32-24(17-21-9-4-2-5-10-21)27(35)31(15-14-23-13-8-16-37-23)19-25(32)33(30)28(36)29-18-22-11-6-3-7-12-22/h2-13,16,24-25H,14-15,17-20H2,1H3,(H,29,36)/t24-,25-/m0/s1. The molecule has 4 amide bonds. The maximum absolute atomic E-state index is 13.8. The normalized spacial score (nSPS) is 20.2. The molecular formula is C28H31N5O3S. The summed E-state index contributed by atoms with van der Waals surface area (Å²) < 4.78 is 0. The highest BCUT2D eigenvalue weighted by Gasteiger charge is 2.50. The van der Waals surface area contributed by atoms with Gasteiger partial charge in [0.05, 0.1) is 13.1 Å². The minimum Gasteiger partial charge on any atom is -0.337 e. The fourth-order valence-electron chi connectivity index (χ4n) is 5.10. The van der Waals surface area contributed by atoms with Gasteiger partial charge < -0.3 is 15.1 Å². The summed E-state index contributed by atoms with van der Waals surface area (Å²) in [4.78, 5) is 45.2. The van der Waals surface area contributed by atoms with Crippen LogP contribution in [0.5, 0.6) is 0 Å². The molecule has 0 saturated carbocycles. The van der Waals surface area contributed by atoms with E-state index in [1.165, 1.54) is 4.88 Å². The highest BCUT2D eigenvalue weighted by atomic mass is 32.1. The van der Waals surface area contributed by atoms with Gasteiger partial charge in [-0.3, -0.25) is 9.59 Å². The predicted molar refractivity (Wildman–Crippen MR) is 142 cm³/mol. The lowest BCUT2D eigenvalue weighted by Crippen LogP contribution is -2.76. The number of rotatable bonds is 7. The molecule has 0 spiro atoms. The lowest BCUT2D eigenvalue weighted by atomic mass is 9.98. The Labute approximate surface area is 221 Å². The summed E-state index contributed by atoms with van der Waals surface area (Å²) in [6.07, 6.45) is 0.551. The van der Waals surface area contributed by atoms with Crippen LogP contribution in [-0.4, -0.2) is 76.6 Å². The van der Waals surface area contributed by atoms with Crippen molar-refractivity contribution in [2.24, 2.45) is 0 Å². The van der Waals surface area contributed by atoms with Gasteiger partial charge in [-0.25, -0.2) is 14.8 Å². The zero-order chi connectivity index (χ0) is 25.8. The van der Waals surface area contributed by atoms with E-state index in [1.807, 2.05) is 77.0 Å². The zero-order valence-electron chi connectivity index (χ0n) is 20.8. The van der Waals surface area contributed by atoms with Gasteiger partial charge in [-0.15, -0.1) is 11.3 Å². The summed E-state index contributed by atoms with van der Waals surface area (Å²) in [5, 5.41) is 8.29. The number of fused-ring (bicyclic) bond motifs is 1. The maximum Gasteiger partial charge on any atom is 0.334 e. The van der Waals surface area contributed by atoms with Crippen LogP contribution in [0.25, 0.3) is 0 Å². The number of carbonyl (C=O) groups excluding carboxylic acids is 3. The number of nitrogens with zero attached hydrogens (tertiary/aromatic N) is 4. The van der Waals surface area contributed by atoms with Gasteiger partial charge in [-0.1, -0.05) is 66.7 Å². The second kappa shape index (κ2) is 11.1. The highest BCUT2D eigenvalue weighted by molar-refractivity contribution is 7.09. The number of hydrogen-bond acceptors (Lipinski definition) is 5. The number of hydrogen-bond donors (Lipinski definition) is 1. The molecule has 1 aromatic heterocycles. The van der Waals surface area contributed by atoms with Crippen molar-refractivity contribution in [3.8, 4) is 0 Å². The van der Waals surface area contributed by atoms with Crippen LogP contribution in [0.3, 0.4) is 0 Å². The lowest BCUT2D eigenvalue weighted by Gasteiger charge is -2.54. The number of hydrazine groups is 1. The van der Waals surface area contributed by atoms with Crippen molar-refractivity contribution in [3.05, 3.63) is 94.2 Å². The first kappa shape index (κ1) is 25.0. The zero-order valence-corrected chi connectivity index (χ0v) is 21.6. The number of benzene rings is 2. The number of piperazine rings is 1. The van der Waals surface area contributed by atoms with Gasteiger partial charge in [0, 0.05) is 31.4 Å². The SMILES string of the molecule is CN1CC(=O)N2[C@@H](Cc3ccccc3)C(=O)N(CCc3cccs3)C[C@@H]2N1C(=O)NCc1ccccc1. The maximum atomic E-state index is 13.8. The van der Waals surface area contributed by atoms with E-state index < -0.39 is 12.2 Å². The molecule has 2 atom stereocenters. The first-order valence-electron chi connectivity index (χ1n) is 12.5. The van der Waals surface area contributed by atoms with Crippen LogP contribution >= 0.6 is 11.3 Å². The summed E-state index contributed by atoms with van der Waals surface area (Å²) in [6, 6.07) is 22.6. The molecule has 3 heterocycles. The van der Waals surface area contributed by atoms with E-state index in [0.29, 0.717) is 19.5 Å². The fourth-order valence-corrected chi connectivity index (χ4v) is 5.80. The third-order valence-electron chi connectivity index (χ3n) is 6.91. The quantitative estimate of drug-likeness (QED) is 0.523. The molecule has 1 N–H and O–H groups in total. The van der Waals surface area contributed by atoms with Gasteiger partial charge in [0.1, 0.15) is 12.2 Å². The number of amides is 4. The van der Waals surface area contributed by atoms with Gasteiger partial charge in [0.25, 0.3) is 0 Å². The molecule has 2 aliphatic heterocycles. The lowest BCUT2D eigenvalue weighted by molar-refractivity contribution is -0.186. The molecule has 192 valence electrons. The van der Waals surface area contributed by atoms with Crippen molar-refractivity contribution in [2.45, 2.75) is 31.6 Å². The molecule has 9 heteroatoms. The third kappa shape index (κ3) is 5.52. The van der Waals surface area contributed by atoms with E-state index in [2.05, 4.69) is 11.4 Å². The van der Waals surface area contributed by atoms with Gasteiger partial charge >= 0.3 is 6.03 Å². The first-order valence-corrected chi connectivity index (χ1v) is 13.4. The van der Waals surface area contributed by atoms with Crippen molar-refractivity contribution in [1.82, 2.24) is 25.1 Å². The van der Waals surface area contributed by atoms with Crippen LogP contribution in [0.1, 0.15) is 16.0 Å². The van der Waals surface area contributed by atoms with Gasteiger partial charge in [0.15, 0.2) is 0 Å². The molecule has 0 aliphatic carbocycles. The van der Waals surface area contributed by atoms with Crippen molar-refractivity contribution in [3.63, 3.8) is 0 Å². The molecule has 3 aromatic rings. The van der Waals surface area contributed by atoms with Crippen LogP contribution in [0.4, 0.5) is 4.79 Å². The van der Waals surface area contributed by atoms with E-state index >= 15 is 0 Å². The largest absolute Gasteiger partial charge is 0.337 e.